The molecule has 2 rings (SSSR count). The van der Waals surface area contributed by atoms with Crippen LogP contribution in [-0.2, 0) is 10.0 Å². The molecule has 24 heavy (non-hydrogen) atoms. The van der Waals surface area contributed by atoms with E-state index in [1.54, 1.807) is 0 Å². The molecule has 5 nitrogen and oxygen atoms in total. The lowest BCUT2D eigenvalue weighted by Gasteiger charge is -2.17. The van der Waals surface area contributed by atoms with Gasteiger partial charge in [0.15, 0.2) is 0 Å². The minimum atomic E-state index is -3.28. The van der Waals surface area contributed by atoms with E-state index in [1.165, 1.54) is 12.8 Å². The minimum absolute atomic E-state index is 0.148. The Morgan fingerprint density at radius 3 is 2.71 bits per heavy atom. The quantitative estimate of drug-likeness (QED) is 0.633. The summed E-state index contributed by atoms with van der Waals surface area (Å²) in [5.41, 5.74) is 6.36. The largest absolute Gasteiger partial charge is 0.490 e. The third-order valence-electron chi connectivity index (χ3n) is 4.44. The zero-order valence-corrected chi connectivity index (χ0v) is 15.4. The lowest BCUT2D eigenvalue weighted by Crippen LogP contribution is -2.29. The molecular weight excluding hydrogens is 324 g/mol. The molecule has 1 aromatic carbocycles. The Kier molecular flexibility index (Phi) is 7.52. The summed E-state index contributed by atoms with van der Waals surface area (Å²) in [5.74, 6) is 0.976. The van der Waals surface area contributed by atoms with Crippen LogP contribution < -0.4 is 15.2 Å². The average molecular weight is 355 g/mol. The topological polar surface area (TPSA) is 81.4 Å². The van der Waals surface area contributed by atoms with Crippen molar-refractivity contribution < 1.29 is 13.2 Å². The van der Waals surface area contributed by atoms with Gasteiger partial charge in [-0.15, -0.1) is 0 Å². The van der Waals surface area contributed by atoms with Gasteiger partial charge in [-0.3, -0.25) is 0 Å². The van der Waals surface area contributed by atoms with Gasteiger partial charge in [0.1, 0.15) is 5.75 Å². The second kappa shape index (κ2) is 9.39. The number of rotatable bonds is 10. The summed E-state index contributed by atoms with van der Waals surface area (Å²) in [6.07, 6.45) is 7.32. The zero-order chi connectivity index (χ0) is 17.4. The van der Waals surface area contributed by atoms with Crippen LogP contribution in [0.5, 0.6) is 5.75 Å². The first-order valence-corrected chi connectivity index (χ1v) is 10.6. The van der Waals surface area contributed by atoms with E-state index in [0.717, 1.165) is 37.0 Å². The predicted molar refractivity (Wildman–Crippen MR) is 97.6 cm³/mol. The number of nitrogens with one attached hydrogen (secondary N) is 1. The molecule has 1 aliphatic rings. The van der Waals surface area contributed by atoms with Gasteiger partial charge in [-0.25, -0.2) is 13.1 Å². The maximum atomic E-state index is 12.2. The molecule has 136 valence electrons. The van der Waals surface area contributed by atoms with E-state index >= 15 is 0 Å². The lowest BCUT2D eigenvalue weighted by molar-refractivity contribution is 0.210. The van der Waals surface area contributed by atoms with Crippen molar-refractivity contribution in [1.29, 1.82) is 0 Å². The first kappa shape index (κ1) is 19.2. The number of nitrogens with two attached hydrogens (primary N) is 1. The first-order valence-electron chi connectivity index (χ1n) is 8.97. The molecule has 0 spiro atoms. The highest BCUT2D eigenvalue weighted by Crippen LogP contribution is 2.26. The Morgan fingerprint density at radius 1 is 1.25 bits per heavy atom. The summed E-state index contributed by atoms with van der Waals surface area (Å²) in [5, 5.41) is 0. The molecule has 6 heteroatoms. The van der Waals surface area contributed by atoms with Crippen molar-refractivity contribution in [3.63, 3.8) is 0 Å². The van der Waals surface area contributed by atoms with E-state index in [9.17, 15) is 8.42 Å². The fraction of sp³-hybridized carbons (Fsp3) is 0.667. The third-order valence-corrected chi connectivity index (χ3v) is 5.98. The van der Waals surface area contributed by atoms with Gasteiger partial charge in [0, 0.05) is 6.04 Å². The van der Waals surface area contributed by atoms with Crippen molar-refractivity contribution in [3.05, 3.63) is 29.8 Å². The fourth-order valence-electron chi connectivity index (χ4n) is 3.07. The second-order valence-electron chi connectivity index (χ2n) is 6.60. The molecule has 0 bridgehead atoms. The van der Waals surface area contributed by atoms with E-state index in [-0.39, 0.29) is 11.8 Å². The maximum absolute atomic E-state index is 12.2. The van der Waals surface area contributed by atoms with Gasteiger partial charge in [-0.1, -0.05) is 18.6 Å². The molecule has 0 amide bonds. The van der Waals surface area contributed by atoms with Crippen molar-refractivity contribution >= 4 is 10.0 Å². The molecule has 0 heterocycles. The van der Waals surface area contributed by atoms with Crippen molar-refractivity contribution in [1.82, 2.24) is 4.72 Å². The van der Waals surface area contributed by atoms with Crippen LogP contribution in [0.4, 0.5) is 0 Å². The first-order chi connectivity index (χ1) is 11.5. The van der Waals surface area contributed by atoms with Crippen molar-refractivity contribution in [2.45, 2.75) is 64.0 Å². The summed E-state index contributed by atoms with van der Waals surface area (Å²) >= 11 is 0. The second-order valence-corrected chi connectivity index (χ2v) is 8.48. The summed E-state index contributed by atoms with van der Waals surface area (Å²) in [6, 6.07) is 7.47. The number of hydrogen-bond acceptors (Lipinski definition) is 4. The average Bonchev–Trinajstić information content (AvgIpc) is 3.04. The molecule has 1 atom stereocenters. The molecule has 1 aromatic rings. The number of unbranched alkanes of at least 4 members (excludes halogenated alkanes) is 2. The molecule has 0 aromatic heterocycles. The van der Waals surface area contributed by atoms with Crippen LogP contribution in [-0.4, -0.2) is 26.8 Å². The fourth-order valence-corrected chi connectivity index (χ4v) is 4.44. The highest BCUT2D eigenvalue weighted by atomic mass is 32.2. The van der Waals surface area contributed by atoms with Gasteiger partial charge < -0.3 is 10.5 Å². The van der Waals surface area contributed by atoms with E-state index in [2.05, 4.69) is 4.72 Å². The summed E-state index contributed by atoms with van der Waals surface area (Å²) < 4.78 is 33.1. The molecule has 0 aliphatic heterocycles. The smallest absolute Gasteiger partial charge is 0.212 e. The molecule has 1 unspecified atom stereocenters. The highest BCUT2D eigenvalue weighted by Gasteiger charge is 2.18. The molecule has 0 saturated heterocycles. The predicted octanol–water partition coefficient (Wildman–Crippen LogP) is 3.12. The number of ether oxygens (including phenoxy) is 1. The summed E-state index contributed by atoms with van der Waals surface area (Å²) in [4.78, 5) is 0. The monoisotopic (exact) mass is 354 g/mol. The van der Waals surface area contributed by atoms with E-state index in [4.69, 9.17) is 10.5 Å². The van der Waals surface area contributed by atoms with Crippen LogP contribution in [0.15, 0.2) is 24.3 Å². The molecule has 1 aliphatic carbocycles. The van der Waals surface area contributed by atoms with Gasteiger partial charge in [0.05, 0.1) is 11.9 Å². The Hall–Kier alpha value is -1.11. The van der Waals surface area contributed by atoms with Gasteiger partial charge >= 0.3 is 0 Å². The van der Waals surface area contributed by atoms with Crippen LogP contribution in [0.2, 0.25) is 0 Å². The number of sulfonamides is 1. The van der Waals surface area contributed by atoms with Gasteiger partial charge in [0.2, 0.25) is 10.0 Å². The Balaban J connectivity index is 1.90. The van der Waals surface area contributed by atoms with Crippen molar-refractivity contribution in [2.24, 2.45) is 5.73 Å². The van der Waals surface area contributed by atoms with Crippen LogP contribution in [0, 0.1) is 0 Å². The zero-order valence-electron chi connectivity index (χ0n) is 14.5. The molecule has 0 radical (unpaired) electrons. The van der Waals surface area contributed by atoms with Crippen LogP contribution in [0.25, 0.3) is 0 Å². The van der Waals surface area contributed by atoms with E-state index in [1.807, 2.05) is 31.2 Å². The molecule has 3 N–H and O–H groups in total. The van der Waals surface area contributed by atoms with E-state index < -0.39 is 10.0 Å². The van der Waals surface area contributed by atoms with Crippen LogP contribution in [0.1, 0.15) is 63.5 Å². The molecule has 1 fully saturated rings. The standard InChI is InChI=1S/C18H30N2O3S/c1-15(20-24(21,22)13-6-2-5-12-19)16-8-7-11-18(14-16)23-17-9-3-4-10-17/h7-8,11,14-15,17,20H,2-6,9-10,12-13,19H2,1H3. The maximum Gasteiger partial charge on any atom is 0.212 e. The normalized spacial score (nSPS) is 17.1. The third kappa shape index (κ3) is 6.42. The van der Waals surface area contributed by atoms with Crippen LogP contribution in [0.3, 0.4) is 0 Å². The van der Waals surface area contributed by atoms with Gasteiger partial charge in [-0.05, 0) is 69.7 Å². The summed E-state index contributed by atoms with van der Waals surface area (Å²) in [7, 11) is -3.28. The molecule has 1 saturated carbocycles. The highest BCUT2D eigenvalue weighted by molar-refractivity contribution is 7.89. The van der Waals surface area contributed by atoms with Gasteiger partial charge in [-0.2, -0.15) is 0 Å². The number of benzene rings is 1. The molecular formula is C18H30N2O3S. The lowest BCUT2D eigenvalue weighted by atomic mass is 10.1. The summed E-state index contributed by atoms with van der Waals surface area (Å²) in [6.45, 7) is 2.48. The Labute approximate surface area is 146 Å². The SMILES string of the molecule is CC(NS(=O)(=O)CCCCCN)c1cccc(OC2CCCC2)c1. The van der Waals surface area contributed by atoms with Crippen molar-refractivity contribution in [2.75, 3.05) is 12.3 Å². The Morgan fingerprint density at radius 2 is 2.00 bits per heavy atom. The van der Waals surface area contributed by atoms with Crippen molar-refractivity contribution in [3.8, 4) is 5.75 Å². The van der Waals surface area contributed by atoms with E-state index in [0.29, 0.717) is 19.1 Å². The van der Waals surface area contributed by atoms with Gasteiger partial charge in [0.25, 0.3) is 0 Å². The Bertz CT molecular complexity index is 598. The minimum Gasteiger partial charge on any atom is -0.490 e. The number of hydrogen-bond donors (Lipinski definition) is 2. The van der Waals surface area contributed by atoms with Crippen LogP contribution >= 0.6 is 0 Å².